The first-order valence-electron chi connectivity index (χ1n) is 6.33. The molecular weight excluding hydrogens is 282 g/mol. The van der Waals surface area contributed by atoms with E-state index in [1.54, 1.807) is 42.2 Å². The summed E-state index contributed by atoms with van der Waals surface area (Å²) in [4.78, 5) is 17.4. The molecule has 2 rings (SSSR count). The van der Waals surface area contributed by atoms with Crippen LogP contribution >= 0.6 is 11.8 Å². The van der Waals surface area contributed by atoms with Crippen LogP contribution in [0.1, 0.15) is 15.9 Å². The van der Waals surface area contributed by atoms with Gasteiger partial charge in [0.15, 0.2) is 0 Å². The third-order valence-electron chi connectivity index (χ3n) is 2.69. The van der Waals surface area contributed by atoms with Gasteiger partial charge in [0.25, 0.3) is 5.91 Å². The van der Waals surface area contributed by atoms with Gasteiger partial charge in [0.2, 0.25) is 0 Å². The second-order valence-corrected chi connectivity index (χ2v) is 5.00. The Hall–Kier alpha value is -2.29. The van der Waals surface area contributed by atoms with E-state index >= 15 is 0 Å². The van der Waals surface area contributed by atoms with Crippen LogP contribution in [0.3, 0.4) is 0 Å². The van der Waals surface area contributed by atoms with E-state index in [0.29, 0.717) is 17.9 Å². The molecule has 1 aromatic carbocycles. The van der Waals surface area contributed by atoms with Gasteiger partial charge in [-0.3, -0.25) is 4.79 Å². The van der Waals surface area contributed by atoms with Crippen LogP contribution in [0.5, 0.6) is 0 Å². The van der Waals surface area contributed by atoms with Gasteiger partial charge in [-0.25, -0.2) is 4.98 Å². The molecule has 0 aliphatic rings. The molecule has 106 valence electrons. The van der Waals surface area contributed by atoms with Gasteiger partial charge in [0.05, 0.1) is 6.54 Å². The number of carbonyl (C=O) groups excluding carboxylic acids is 1. The average Bonchev–Trinajstić information content (AvgIpc) is 2.53. The van der Waals surface area contributed by atoms with Crippen LogP contribution in [0, 0.1) is 11.8 Å². The lowest BCUT2D eigenvalue weighted by Crippen LogP contribution is -2.12. The fourth-order valence-electron chi connectivity index (χ4n) is 1.66. The molecule has 4 nitrogen and oxygen atoms in total. The monoisotopic (exact) mass is 297 g/mol. The number of nitrogens with one attached hydrogen (secondary N) is 1. The van der Waals surface area contributed by atoms with Crippen LogP contribution < -0.4 is 11.1 Å². The molecule has 0 radical (unpaired) electrons. The van der Waals surface area contributed by atoms with E-state index in [4.69, 9.17) is 5.73 Å². The quantitative estimate of drug-likeness (QED) is 0.674. The van der Waals surface area contributed by atoms with E-state index in [1.807, 2.05) is 18.4 Å². The van der Waals surface area contributed by atoms with Gasteiger partial charge < -0.3 is 11.1 Å². The lowest BCUT2D eigenvalue weighted by Gasteiger charge is -2.05. The van der Waals surface area contributed by atoms with Crippen molar-refractivity contribution in [2.45, 2.75) is 4.90 Å². The minimum atomic E-state index is -0.195. The maximum Gasteiger partial charge on any atom is 0.256 e. The summed E-state index contributed by atoms with van der Waals surface area (Å²) in [7, 11) is 0. The standard InChI is InChI=1S/C16H15N3OS/c1-21-14-6-4-13(5-7-14)16(20)19-15-11-12(3-2-9-17)8-10-18-15/h4-8,10-11H,9,17H2,1H3,(H,18,19,20). The molecule has 0 aliphatic carbocycles. The topological polar surface area (TPSA) is 68.0 Å². The molecule has 1 heterocycles. The Labute approximate surface area is 128 Å². The van der Waals surface area contributed by atoms with Crippen molar-refractivity contribution in [3.05, 3.63) is 53.7 Å². The number of amides is 1. The zero-order valence-electron chi connectivity index (χ0n) is 11.6. The Bertz CT molecular complexity index is 687. The second-order valence-electron chi connectivity index (χ2n) is 4.12. The molecule has 2 aromatic rings. The van der Waals surface area contributed by atoms with Gasteiger partial charge in [0.1, 0.15) is 5.82 Å². The molecule has 0 fully saturated rings. The Morgan fingerprint density at radius 3 is 2.76 bits per heavy atom. The van der Waals surface area contributed by atoms with E-state index in [0.717, 1.165) is 10.5 Å². The number of anilines is 1. The first kappa shape index (κ1) is 15.1. The van der Waals surface area contributed by atoms with Gasteiger partial charge in [-0.1, -0.05) is 11.8 Å². The number of pyridine rings is 1. The Balaban J connectivity index is 2.11. The summed E-state index contributed by atoms with van der Waals surface area (Å²) in [6.07, 6.45) is 3.60. The minimum Gasteiger partial charge on any atom is -0.320 e. The lowest BCUT2D eigenvalue weighted by molar-refractivity contribution is 0.102. The van der Waals surface area contributed by atoms with Crippen molar-refractivity contribution in [1.82, 2.24) is 4.98 Å². The Morgan fingerprint density at radius 1 is 1.33 bits per heavy atom. The van der Waals surface area contributed by atoms with E-state index in [-0.39, 0.29) is 5.91 Å². The molecule has 0 atom stereocenters. The third-order valence-corrected chi connectivity index (χ3v) is 3.43. The molecule has 21 heavy (non-hydrogen) atoms. The van der Waals surface area contributed by atoms with Crippen molar-refractivity contribution in [2.24, 2.45) is 5.73 Å². The molecule has 5 heteroatoms. The smallest absolute Gasteiger partial charge is 0.256 e. The van der Waals surface area contributed by atoms with Gasteiger partial charge in [-0.15, -0.1) is 11.8 Å². The third kappa shape index (κ3) is 4.35. The number of nitrogens with two attached hydrogens (primary N) is 1. The minimum absolute atomic E-state index is 0.195. The summed E-state index contributed by atoms with van der Waals surface area (Å²) in [6, 6.07) is 10.9. The predicted octanol–water partition coefficient (Wildman–Crippen LogP) is 2.37. The van der Waals surface area contributed by atoms with Gasteiger partial charge >= 0.3 is 0 Å². The summed E-state index contributed by atoms with van der Waals surface area (Å²) < 4.78 is 0. The molecule has 1 amide bonds. The number of benzene rings is 1. The summed E-state index contributed by atoms with van der Waals surface area (Å²) in [5.41, 5.74) is 6.69. The molecule has 1 aromatic heterocycles. The molecule has 0 saturated heterocycles. The van der Waals surface area contributed by atoms with Crippen molar-refractivity contribution in [3.8, 4) is 11.8 Å². The number of rotatable bonds is 3. The molecule has 0 saturated carbocycles. The maximum absolute atomic E-state index is 12.1. The highest BCUT2D eigenvalue weighted by molar-refractivity contribution is 7.98. The largest absolute Gasteiger partial charge is 0.320 e. The van der Waals surface area contributed by atoms with Crippen LogP contribution in [-0.4, -0.2) is 23.7 Å². The van der Waals surface area contributed by atoms with E-state index in [9.17, 15) is 4.79 Å². The SMILES string of the molecule is CSc1ccc(C(=O)Nc2cc(C#CCN)ccn2)cc1. The highest BCUT2D eigenvalue weighted by Crippen LogP contribution is 2.15. The molecule has 3 N–H and O–H groups in total. The molecule has 0 unspecified atom stereocenters. The van der Waals surface area contributed by atoms with Crippen LogP contribution in [0.15, 0.2) is 47.5 Å². The number of hydrogen-bond acceptors (Lipinski definition) is 4. The lowest BCUT2D eigenvalue weighted by atomic mass is 10.2. The number of carbonyl (C=O) groups is 1. The summed E-state index contributed by atoms with van der Waals surface area (Å²) in [5.74, 6) is 5.94. The van der Waals surface area contributed by atoms with Gasteiger partial charge in [-0.2, -0.15) is 0 Å². The number of hydrogen-bond donors (Lipinski definition) is 2. The van der Waals surface area contributed by atoms with Crippen molar-refractivity contribution in [1.29, 1.82) is 0 Å². The molecule has 0 spiro atoms. The highest BCUT2D eigenvalue weighted by atomic mass is 32.2. The summed E-state index contributed by atoms with van der Waals surface area (Å²) >= 11 is 1.63. The predicted molar refractivity (Wildman–Crippen MR) is 86.3 cm³/mol. The van der Waals surface area contributed by atoms with Crippen molar-refractivity contribution in [2.75, 3.05) is 18.1 Å². The van der Waals surface area contributed by atoms with Crippen LogP contribution in [-0.2, 0) is 0 Å². The van der Waals surface area contributed by atoms with E-state index in [2.05, 4.69) is 22.1 Å². The normalized spacial score (nSPS) is 9.62. The van der Waals surface area contributed by atoms with E-state index in [1.165, 1.54) is 0 Å². The number of nitrogens with zero attached hydrogens (tertiary/aromatic N) is 1. The number of aromatic nitrogens is 1. The highest BCUT2D eigenvalue weighted by Gasteiger charge is 2.06. The first-order chi connectivity index (χ1) is 10.2. The summed E-state index contributed by atoms with van der Waals surface area (Å²) in [6.45, 7) is 0.297. The van der Waals surface area contributed by atoms with Crippen molar-refractivity contribution < 1.29 is 4.79 Å². The first-order valence-corrected chi connectivity index (χ1v) is 7.56. The second kappa shape index (κ2) is 7.48. The Morgan fingerprint density at radius 2 is 2.10 bits per heavy atom. The average molecular weight is 297 g/mol. The fourth-order valence-corrected chi connectivity index (χ4v) is 2.07. The van der Waals surface area contributed by atoms with Crippen molar-refractivity contribution in [3.63, 3.8) is 0 Å². The van der Waals surface area contributed by atoms with E-state index < -0.39 is 0 Å². The number of thioether (sulfide) groups is 1. The Kier molecular flexibility index (Phi) is 5.38. The molecule has 0 bridgehead atoms. The fraction of sp³-hybridized carbons (Fsp3) is 0.125. The van der Waals surface area contributed by atoms with Gasteiger partial charge in [0, 0.05) is 22.2 Å². The zero-order valence-corrected chi connectivity index (χ0v) is 12.4. The zero-order chi connectivity index (χ0) is 15.1. The van der Waals surface area contributed by atoms with Gasteiger partial charge in [-0.05, 0) is 42.7 Å². The van der Waals surface area contributed by atoms with Crippen molar-refractivity contribution >= 4 is 23.5 Å². The molecule has 0 aliphatic heterocycles. The molecular formula is C16H15N3OS. The van der Waals surface area contributed by atoms with Crippen LogP contribution in [0.2, 0.25) is 0 Å². The summed E-state index contributed by atoms with van der Waals surface area (Å²) in [5, 5.41) is 2.76. The van der Waals surface area contributed by atoms with Crippen LogP contribution in [0.4, 0.5) is 5.82 Å². The maximum atomic E-state index is 12.1. The van der Waals surface area contributed by atoms with Crippen LogP contribution in [0.25, 0.3) is 0 Å².